The number of aromatic nitrogens is 3. The predicted molar refractivity (Wildman–Crippen MR) is 86.4 cm³/mol. The van der Waals surface area contributed by atoms with E-state index in [0.29, 0.717) is 10.7 Å². The quantitative estimate of drug-likeness (QED) is 0.852. The number of anilines is 1. The van der Waals surface area contributed by atoms with Gasteiger partial charge >= 0.3 is 0 Å². The predicted octanol–water partition coefficient (Wildman–Crippen LogP) is 3.22. The minimum absolute atomic E-state index is 0.154. The highest BCUT2D eigenvalue weighted by Crippen LogP contribution is 2.54. The first kappa shape index (κ1) is 13.7. The van der Waals surface area contributed by atoms with Crippen LogP contribution in [-0.2, 0) is 4.79 Å². The van der Waals surface area contributed by atoms with Crippen LogP contribution in [0.4, 0.5) is 5.69 Å². The number of aryl methyl sites for hydroxylation is 1. The summed E-state index contributed by atoms with van der Waals surface area (Å²) in [5.74, 6) is 2.61. The number of nitrogens with one attached hydrogen (secondary N) is 2. The van der Waals surface area contributed by atoms with Gasteiger partial charge in [0.25, 0.3) is 0 Å². The van der Waals surface area contributed by atoms with Crippen LogP contribution in [0, 0.1) is 29.4 Å². The third-order valence-corrected chi connectivity index (χ3v) is 4.89. The van der Waals surface area contributed by atoms with Crippen molar-refractivity contribution < 1.29 is 4.79 Å². The maximum Gasteiger partial charge on any atom is 0.227 e. The molecule has 2 atom stereocenters. The molecule has 0 unspecified atom stereocenters. The molecule has 1 heterocycles. The van der Waals surface area contributed by atoms with E-state index in [0.717, 1.165) is 29.5 Å². The van der Waals surface area contributed by atoms with Gasteiger partial charge in [-0.1, -0.05) is 6.07 Å². The highest BCUT2D eigenvalue weighted by atomic mass is 32.1. The van der Waals surface area contributed by atoms with Gasteiger partial charge in [0.1, 0.15) is 5.82 Å². The number of hydrogen-bond donors (Lipinski definition) is 2. The van der Waals surface area contributed by atoms with Gasteiger partial charge in [0, 0.05) is 11.6 Å². The zero-order chi connectivity index (χ0) is 15.3. The molecule has 5 nitrogen and oxygen atoms in total. The van der Waals surface area contributed by atoms with Gasteiger partial charge in [0.15, 0.2) is 4.77 Å². The lowest BCUT2D eigenvalue weighted by Gasteiger charge is -2.09. The average Bonchev–Trinajstić information content (AvgIpc) is 3.36. The topological polar surface area (TPSA) is 62.7 Å². The van der Waals surface area contributed by atoms with Gasteiger partial charge in [0.05, 0.1) is 5.69 Å². The summed E-state index contributed by atoms with van der Waals surface area (Å²) < 4.78 is 2.41. The zero-order valence-electron chi connectivity index (χ0n) is 12.4. The highest BCUT2D eigenvalue weighted by molar-refractivity contribution is 7.71. The Hall–Kier alpha value is -1.95. The summed E-state index contributed by atoms with van der Waals surface area (Å²) in [5.41, 5.74) is 1.72. The fraction of sp³-hybridized carbons (Fsp3) is 0.438. The van der Waals surface area contributed by atoms with Crippen molar-refractivity contribution in [1.82, 2.24) is 14.8 Å². The summed E-state index contributed by atoms with van der Waals surface area (Å²) in [6.45, 7) is 1.89. The maximum absolute atomic E-state index is 12.3. The Labute approximate surface area is 133 Å². The van der Waals surface area contributed by atoms with Crippen LogP contribution in [0.2, 0.25) is 0 Å². The normalized spacial score (nSPS) is 23.3. The Balaban J connectivity index is 1.52. The second-order valence-electron chi connectivity index (χ2n) is 6.29. The molecule has 0 aliphatic heterocycles. The third-order valence-electron chi connectivity index (χ3n) is 4.62. The fourth-order valence-corrected chi connectivity index (χ4v) is 3.48. The van der Waals surface area contributed by atoms with Gasteiger partial charge in [-0.3, -0.25) is 14.5 Å². The number of amides is 1. The summed E-state index contributed by atoms with van der Waals surface area (Å²) >= 11 is 5.25. The summed E-state index contributed by atoms with van der Waals surface area (Å²) in [7, 11) is 0. The van der Waals surface area contributed by atoms with Gasteiger partial charge in [-0.25, -0.2) is 0 Å². The molecule has 1 amide bonds. The second-order valence-corrected chi connectivity index (χ2v) is 6.68. The molecule has 2 N–H and O–H groups in total. The van der Waals surface area contributed by atoms with Crippen molar-refractivity contribution in [1.29, 1.82) is 0 Å². The molecule has 2 aliphatic rings. The number of aromatic amines is 1. The molecule has 1 aromatic heterocycles. The SMILES string of the molecule is Cc1n[nH]c(=S)n1-c1cccc(NC(=O)[C@@H]2C[C@@H]2C2CC2)c1. The van der Waals surface area contributed by atoms with Crippen LogP contribution in [0.15, 0.2) is 24.3 Å². The van der Waals surface area contributed by atoms with Crippen LogP contribution in [-0.4, -0.2) is 20.7 Å². The van der Waals surface area contributed by atoms with E-state index in [1.54, 1.807) is 0 Å². The Morgan fingerprint density at radius 3 is 2.95 bits per heavy atom. The van der Waals surface area contributed by atoms with Crippen LogP contribution < -0.4 is 5.32 Å². The molecule has 2 aliphatic carbocycles. The lowest BCUT2D eigenvalue weighted by atomic mass is 10.2. The van der Waals surface area contributed by atoms with E-state index < -0.39 is 0 Å². The number of carbonyl (C=O) groups is 1. The molecule has 114 valence electrons. The van der Waals surface area contributed by atoms with Gasteiger partial charge in [-0.05, 0) is 68.4 Å². The summed E-state index contributed by atoms with van der Waals surface area (Å²) in [6, 6.07) is 7.72. The largest absolute Gasteiger partial charge is 0.326 e. The summed E-state index contributed by atoms with van der Waals surface area (Å²) in [5, 5.41) is 9.93. The molecular formula is C16H18N4OS. The zero-order valence-corrected chi connectivity index (χ0v) is 13.2. The number of nitrogens with zero attached hydrogens (tertiary/aromatic N) is 2. The smallest absolute Gasteiger partial charge is 0.227 e. The van der Waals surface area contributed by atoms with Gasteiger partial charge < -0.3 is 5.32 Å². The van der Waals surface area contributed by atoms with Crippen molar-refractivity contribution in [2.45, 2.75) is 26.2 Å². The van der Waals surface area contributed by atoms with Crippen LogP contribution in [0.3, 0.4) is 0 Å². The Morgan fingerprint density at radius 1 is 1.45 bits per heavy atom. The number of benzene rings is 1. The van der Waals surface area contributed by atoms with E-state index in [4.69, 9.17) is 12.2 Å². The van der Waals surface area contributed by atoms with E-state index in [9.17, 15) is 4.79 Å². The average molecular weight is 314 g/mol. The second kappa shape index (κ2) is 5.05. The van der Waals surface area contributed by atoms with Gasteiger partial charge in [-0.2, -0.15) is 5.10 Å². The molecule has 4 rings (SSSR count). The number of hydrogen-bond acceptors (Lipinski definition) is 3. The molecule has 2 aromatic rings. The van der Waals surface area contributed by atoms with Gasteiger partial charge in [0.2, 0.25) is 5.91 Å². The van der Waals surface area contributed by atoms with E-state index >= 15 is 0 Å². The van der Waals surface area contributed by atoms with E-state index in [1.807, 2.05) is 35.8 Å². The van der Waals surface area contributed by atoms with Crippen LogP contribution in [0.1, 0.15) is 25.1 Å². The van der Waals surface area contributed by atoms with Crippen molar-refractivity contribution in [2.75, 3.05) is 5.32 Å². The molecule has 1 aromatic carbocycles. The lowest BCUT2D eigenvalue weighted by molar-refractivity contribution is -0.117. The first-order valence-corrected chi connectivity index (χ1v) is 8.09. The van der Waals surface area contributed by atoms with Crippen molar-refractivity contribution in [3.63, 3.8) is 0 Å². The summed E-state index contributed by atoms with van der Waals surface area (Å²) in [6.07, 6.45) is 3.67. The highest BCUT2D eigenvalue weighted by Gasteiger charge is 2.51. The maximum atomic E-state index is 12.3. The number of rotatable bonds is 4. The standard InChI is InChI=1S/C16H18N4OS/c1-9-18-19-16(22)20(9)12-4-2-3-11(7-12)17-15(21)14-8-13(14)10-5-6-10/h2-4,7,10,13-14H,5-6,8H2,1H3,(H,17,21)(H,19,22)/t13-,14-/m1/s1. The first-order valence-electron chi connectivity index (χ1n) is 7.69. The van der Waals surface area contributed by atoms with Crippen LogP contribution >= 0.6 is 12.2 Å². The molecule has 0 radical (unpaired) electrons. The molecule has 0 spiro atoms. The molecular weight excluding hydrogens is 296 g/mol. The fourth-order valence-electron chi connectivity index (χ4n) is 3.20. The van der Waals surface area contributed by atoms with Gasteiger partial charge in [-0.15, -0.1) is 0 Å². The van der Waals surface area contributed by atoms with E-state index in [1.165, 1.54) is 12.8 Å². The monoisotopic (exact) mass is 314 g/mol. The van der Waals surface area contributed by atoms with E-state index in [-0.39, 0.29) is 11.8 Å². The lowest BCUT2D eigenvalue weighted by Crippen LogP contribution is -2.15. The molecule has 0 bridgehead atoms. The molecule has 2 saturated carbocycles. The third kappa shape index (κ3) is 2.47. The molecule has 0 saturated heterocycles. The van der Waals surface area contributed by atoms with Crippen molar-refractivity contribution in [2.24, 2.45) is 17.8 Å². The minimum atomic E-state index is 0.154. The minimum Gasteiger partial charge on any atom is -0.326 e. The summed E-state index contributed by atoms with van der Waals surface area (Å²) in [4.78, 5) is 12.3. The molecule has 2 fully saturated rings. The van der Waals surface area contributed by atoms with Crippen LogP contribution in [0.5, 0.6) is 0 Å². The first-order chi connectivity index (χ1) is 10.6. The molecule has 6 heteroatoms. The van der Waals surface area contributed by atoms with Crippen molar-refractivity contribution >= 4 is 23.8 Å². The van der Waals surface area contributed by atoms with E-state index in [2.05, 4.69) is 15.5 Å². The van der Waals surface area contributed by atoms with Crippen LogP contribution in [0.25, 0.3) is 5.69 Å². The Bertz CT molecular complexity index is 789. The number of H-pyrrole nitrogens is 1. The molecule has 22 heavy (non-hydrogen) atoms. The van der Waals surface area contributed by atoms with Crippen molar-refractivity contribution in [3.8, 4) is 5.69 Å². The Morgan fingerprint density at radius 2 is 2.27 bits per heavy atom. The van der Waals surface area contributed by atoms with Crippen molar-refractivity contribution in [3.05, 3.63) is 34.9 Å². The Kier molecular flexibility index (Phi) is 3.14. The number of carbonyl (C=O) groups excluding carboxylic acids is 1.